The molecule has 0 aliphatic carbocycles. The highest BCUT2D eigenvalue weighted by atomic mass is 35.5. The van der Waals surface area contributed by atoms with E-state index in [1.807, 2.05) is 0 Å². The van der Waals surface area contributed by atoms with E-state index in [1.165, 1.54) is 22.9 Å². The van der Waals surface area contributed by atoms with Crippen molar-refractivity contribution < 1.29 is 13.6 Å². The maximum Gasteiger partial charge on any atom is 0.232 e. The van der Waals surface area contributed by atoms with E-state index in [9.17, 15) is 13.6 Å². The molecule has 0 spiro atoms. The van der Waals surface area contributed by atoms with E-state index in [4.69, 9.17) is 23.8 Å². The molecule has 0 saturated carbocycles. The molecule has 2 aromatic heterocycles. The van der Waals surface area contributed by atoms with Gasteiger partial charge >= 0.3 is 0 Å². The summed E-state index contributed by atoms with van der Waals surface area (Å²) in [5.41, 5.74) is 2.84. The van der Waals surface area contributed by atoms with Crippen LogP contribution in [0.5, 0.6) is 0 Å². The van der Waals surface area contributed by atoms with Crippen molar-refractivity contribution >= 4 is 46.2 Å². The molecule has 4 rings (SSSR count). The van der Waals surface area contributed by atoms with Crippen LogP contribution in [0.1, 0.15) is 22.9 Å². The summed E-state index contributed by atoms with van der Waals surface area (Å²) in [6, 6.07) is 2.35. The molecule has 3 aromatic rings. The average molecular weight is 428 g/mol. The molecule has 1 aromatic carbocycles. The Morgan fingerprint density at radius 1 is 1.48 bits per heavy atom. The van der Waals surface area contributed by atoms with Crippen LogP contribution in [0.3, 0.4) is 0 Å². The fourth-order valence-electron chi connectivity index (χ4n) is 3.31. The third kappa shape index (κ3) is 3.40. The first-order chi connectivity index (χ1) is 12.9. The second-order valence-corrected chi connectivity index (χ2v) is 7.72. The van der Waals surface area contributed by atoms with Crippen molar-refractivity contribution in [2.75, 3.05) is 5.32 Å². The molecular weight excluding hydrogens is 416 g/mol. The molecule has 6 nitrogen and oxygen atoms in total. The van der Waals surface area contributed by atoms with Gasteiger partial charge in [-0.25, -0.2) is 8.78 Å². The van der Waals surface area contributed by atoms with Gasteiger partial charge in [-0.05, 0) is 30.8 Å². The number of carbonyl (C=O) groups excluding carboxylic acids is 1. The van der Waals surface area contributed by atoms with Gasteiger partial charge in [-0.3, -0.25) is 4.79 Å². The van der Waals surface area contributed by atoms with Crippen LogP contribution >= 0.6 is 35.2 Å². The molecule has 0 fully saturated rings. The Balaban J connectivity index is 1.58. The second kappa shape index (κ2) is 7.10. The van der Waals surface area contributed by atoms with Crippen molar-refractivity contribution in [2.24, 2.45) is 0 Å². The number of H-pyrrole nitrogens is 1. The van der Waals surface area contributed by atoms with Crippen molar-refractivity contribution in [3.8, 4) is 0 Å². The minimum absolute atomic E-state index is 0.0405. The van der Waals surface area contributed by atoms with Gasteiger partial charge in [0.25, 0.3) is 0 Å². The molecule has 0 bridgehead atoms. The van der Waals surface area contributed by atoms with Gasteiger partial charge in [0.1, 0.15) is 17.1 Å². The highest BCUT2D eigenvalue weighted by Crippen LogP contribution is 2.36. The normalized spacial score (nSPS) is 15.7. The van der Waals surface area contributed by atoms with Crippen LogP contribution in [0.25, 0.3) is 0 Å². The first-order valence-corrected chi connectivity index (χ1v) is 9.60. The van der Waals surface area contributed by atoms with Crippen LogP contribution in [0.15, 0.2) is 17.6 Å². The van der Waals surface area contributed by atoms with Crippen LogP contribution in [0, 0.1) is 16.4 Å². The zero-order chi connectivity index (χ0) is 19.1. The molecule has 1 atom stereocenters. The molecule has 1 amide bonds. The second-order valence-electron chi connectivity index (χ2n) is 6.09. The number of nitrogens with one attached hydrogen (secondary N) is 2. The van der Waals surface area contributed by atoms with Crippen molar-refractivity contribution in [2.45, 2.75) is 25.3 Å². The minimum Gasteiger partial charge on any atom is -0.334 e. The molecule has 140 valence electrons. The number of benzene rings is 1. The Bertz CT molecular complexity index is 1080. The molecule has 3 heterocycles. The predicted octanol–water partition coefficient (Wildman–Crippen LogP) is 3.85. The molecule has 1 aliphatic rings. The fraction of sp³-hybridized carbons (Fsp3) is 0.250. The van der Waals surface area contributed by atoms with Crippen molar-refractivity contribution in [3.05, 3.63) is 56.0 Å². The van der Waals surface area contributed by atoms with E-state index < -0.39 is 17.6 Å². The smallest absolute Gasteiger partial charge is 0.232 e. The molecule has 0 saturated heterocycles. The lowest BCUT2D eigenvalue weighted by molar-refractivity contribution is -0.115. The van der Waals surface area contributed by atoms with Crippen molar-refractivity contribution in [1.82, 2.24) is 19.7 Å². The van der Waals surface area contributed by atoms with Gasteiger partial charge in [0.2, 0.25) is 11.0 Å². The van der Waals surface area contributed by atoms with E-state index in [0.29, 0.717) is 28.6 Å². The summed E-state index contributed by atoms with van der Waals surface area (Å²) in [7, 11) is 0. The first-order valence-electron chi connectivity index (χ1n) is 7.94. The number of halogens is 3. The van der Waals surface area contributed by atoms with E-state index >= 15 is 0 Å². The minimum atomic E-state index is -0.752. The number of hydrogen-bond acceptors (Lipinski definition) is 5. The monoisotopic (exact) mass is 427 g/mol. The third-order valence-corrected chi connectivity index (χ3v) is 5.67. The summed E-state index contributed by atoms with van der Waals surface area (Å²) in [6.45, 7) is 0.316. The van der Waals surface area contributed by atoms with Crippen molar-refractivity contribution in [3.63, 3.8) is 0 Å². The molecule has 2 N–H and O–H groups in total. The zero-order valence-electron chi connectivity index (χ0n) is 13.6. The van der Waals surface area contributed by atoms with E-state index in [-0.39, 0.29) is 22.9 Å². The maximum absolute atomic E-state index is 14.4. The maximum atomic E-state index is 14.4. The van der Waals surface area contributed by atoms with Crippen LogP contribution in [0.2, 0.25) is 5.02 Å². The summed E-state index contributed by atoms with van der Waals surface area (Å²) in [5.74, 6) is -2.12. The van der Waals surface area contributed by atoms with Crippen LogP contribution in [-0.4, -0.2) is 25.7 Å². The van der Waals surface area contributed by atoms with Crippen LogP contribution in [-0.2, 0) is 24.2 Å². The van der Waals surface area contributed by atoms with Crippen LogP contribution < -0.4 is 5.32 Å². The van der Waals surface area contributed by atoms with Gasteiger partial charge in [-0.2, -0.15) is 0 Å². The Morgan fingerprint density at radius 3 is 3.04 bits per heavy atom. The van der Waals surface area contributed by atoms with Gasteiger partial charge in [0, 0.05) is 29.4 Å². The summed E-state index contributed by atoms with van der Waals surface area (Å²) in [4.78, 5) is 15.2. The van der Waals surface area contributed by atoms with Gasteiger partial charge in [0.05, 0.1) is 11.4 Å². The number of amides is 1. The Kier molecular flexibility index (Phi) is 4.79. The average Bonchev–Trinajstić information content (AvgIpc) is 3.32. The Hall–Kier alpha value is -2.17. The predicted molar refractivity (Wildman–Crippen MR) is 99.7 cm³/mol. The number of anilines is 1. The van der Waals surface area contributed by atoms with Gasteiger partial charge in [-0.15, -0.1) is 10.2 Å². The summed E-state index contributed by atoms with van der Waals surface area (Å²) < 4.78 is 30.8. The molecule has 27 heavy (non-hydrogen) atoms. The fourth-order valence-corrected chi connectivity index (χ4v) is 4.24. The Morgan fingerprint density at radius 2 is 2.30 bits per heavy atom. The molecule has 0 unspecified atom stereocenters. The topological polar surface area (TPSA) is 75.6 Å². The molecular formula is C16H12ClF2N5OS2. The quantitative estimate of drug-likeness (QED) is 0.490. The summed E-state index contributed by atoms with van der Waals surface area (Å²) in [5, 5.41) is 10.3. The summed E-state index contributed by atoms with van der Waals surface area (Å²) >= 11 is 12.3. The standard InChI is InChI=1S/C16H12ClF2N5OS2/c17-8-1-2-9(18)13(14(8)19)7-3-11-10(21-16(26)24(11)5-7)4-12(25)22-15-23-20-6-27-15/h1-2,6-7H,3-5H2,(H,21,26)(H,22,23,25)/t7-/m1/s1. The van der Waals surface area contributed by atoms with E-state index in [2.05, 4.69) is 20.5 Å². The zero-order valence-corrected chi connectivity index (χ0v) is 16.0. The van der Waals surface area contributed by atoms with Gasteiger partial charge in [-0.1, -0.05) is 22.9 Å². The largest absolute Gasteiger partial charge is 0.334 e. The first kappa shape index (κ1) is 18.2. The molecule has 0 radical (unpaired) electrons. The number of hydrogen-bond donors (Lipinski definition) is 2. The number of carbonyl (C=O) groups is 1. The third-order valence-electron chi connectivity index (χ3n) is 4.45. The van der Waals surface area contributed by atoms with Gasteiger partial charge < -0.3 is 14.9 Å². The van der Waals surface area contributed by atoms with E-state index in [1.54, 1.807) is 4.57 Å². The number of rotatable bonds is 4. The lowest BCUT2D eigenvalue weighted by Gasteiger charge is -2.13. The number of aromatic nitrogens is 4. The van der Waals surface area contributed by atoms with Crippen LogP contribution in [0.4, 0.5) is 13.9 Å². The lowest BCUT2D eigenvalue weighted by Crippen LogP contribution is -2.15. The van der Waals surface area contributed by atoms with E-state index in [0.717, 1.165) is 11.8 Å². The Labute approximate surface area is 166 Å². The highest BCUT2D eigenvalue weighted by molar-refractivity contribution is 7.71. The lowest BCUT2D eigenvalue weighted by atomic mass is 9.95. The molecule has 11 heteroatoms. The number of imidazole rings is 1. The highest BCUT2D eigenvalue weighted by Gasteiger charge is 2.32. The number of aromatic amines is 1. The van der Waals surface area contributed by atoms with Gasteiger partial charge in [0.15, 0.2) is 4.77 Å². The number of nitrogens with zero attached hydrogens (tertiary/aromatic N) is 3. The van der Waals surface area contributed by atoms with Crippen molar-refractivity contribution in [1.29, 1.82) is 0 Å². The summed E-state index contributed by atoms with van der Waals surface area (Å²) in [6.07, 6.45) is 0.390. The molecule has 1 aliphatic heterocycles. The number of fused-ring (bicyclic) bond motifs is 1. The SMILES string of the molecule is O=C(Cc1[nH]c(=S)n2c1C[C@@H](c1c(F)ccc(Cl)c1F)C2)Nc1nncs1.